The minimum absolute atomic E-state index is 0.0107. The van der Waals surface area contributed by atoms with E-state index in [1.54, 1.807) is 12.0 Å². The van der Waals surface area contributed by atoms with E-state index in [4.69, 9.17) is 19.2 Å². The average Bonchev–Trinajstić information content (AvgIpc) is 3.97. The number of carbonyl (C=O) groups is 4. The summed E-state index contributed by atoms with van der Waals surface area (Å²) in [6, 6.07) is 5.23. The summed E-state index contributed by atoms with van der Waals surface area (Å²) in [6.45, 7) is 5.29. The van der Waals surface area contributed by atoms with Crippen molar-refractivity contribution < 1.29 is 41.8 Å². The molecule has 6 atom stereocenters. The predicted octanol–water partition coefficient (Wildman–Crippen LogP) is 3.43. The molecule has 1 aromatic heterocycles. The standard InChI is InChI=1S/C41H52N6O9S/c1-3-28-22-41(28,39(50)45-57(52,53)32-14-15-32)44-36(48)34-21-31-24-47(34)38(49)35(25-9-6-7-10-25)43-40(51)46-17-16-30(23-46)55-18-8-4-5-11-27-19-26-12-13-29(54-2)20-33(26)42-37(27)56-31/h3,5,11-13,19-20,25,28,30-32,34-35H,1,4,6-10,14-18,21-24H2,2H3,(H,43,51)(H,44,48)(H,45,50)/b11-5+/t28?,30-,31+,34-,35-,41+/m0/s1. The number of amides is 5. The maximum absolute atomic E-state index is 14.9. The molecule has 15 nitrogen and oxygen atoms in total. The molecule has 5 fully saturated rings. The summed E-state index contributed by atoms with van der Waals surface area (Å²) in [6.07, 6.45) is 11.4. The Hall–Kier alpha value is -4.70. The lowest BCUT2D eigenvalue weighted by Crippen LogP contribution is -2.59. The van der Waals surface area contributed by atoms with Crippen molar-refractivity contribution in [1.29, 1.82) is 0 Å². The number of ether oxygens (including phenoxy) is 3. The lowest BCUT2D eigenvalue weighted by Gasteiger charge is -2.33. The van der Waals surface area contributed by atoms with E-state index in [2.05, 4.69) is 21.9 Å². The second kappa shape index (κ2) is 15.9. The zero-order valence-electron chi connectivity index (χ0n) is 32.3. The van der Waals surface area contributed by atoms with Crippen molar-refractivity contribution in [1.82, 2.24) is 30.1 Å². The Labute approximate surface area is 333 Å². The summed E-state index contributed by atoms with van der Waals surface area (Å²) >= 11 is 0. The molecule has 57 heavy (non-hydrogen) atoms. The summed E-state index contributed by atoms with van der Waals surface area (Å²) in [5.74, 6) is -1.54. The smallest absolute Gasteiger partial charge is 0.318 e. The van der Waals surface area contributed by atoms with Crippen LogP contribution in [-0.2, 0) is 29.1 Å². The SMILES string of the molecule is C=CC1C[C@]1(NC(=O)[C@@H]1C[C@@H]2CN1C(=O)[C@H](C1CCCC1)NC(=O)N1CC[C@@H](C1)OCCC/C=C/c1cc3ccc(OC)cc3nc1O2)C(=O)NS(=O)(=O)C1CC1. The number of rotatable bonds is 8. The lowest BCUT2D eigenvalue weighted by molar-refractivity contribution is -0.142. The quantitative estimate of drug-likeness (QED) is 0.334. The third-order valence-corrected chi connectivity index (χ3v) is 14.2. The van der Waals surface area contributed by atoms with E-state index in [0.717, 1.165) is 49.5 Å². The van der Waals surface area contributed by atoms with Crippen molar-refractivity contribution in [3.8, 4) is 11.6 Å². The van der Waals surface area contributed by atoms with Crippen LogP contribution in [0.3, 0.4) is 0 Å². The number of sulfonamides is 1. The van der Waals surface area contributed by atoms with Crippen molar-refractivity contribution in [2.24, 2.45) is 11.8 Å². The van der Waals surface area contributed by atoms with Crippen molar-refractivity contribution in [2.75, 3.05) is 33.4 Å². The van der Waals surface area contributed by atoms with Gasteiger partial charge in [-0.2, -0.15) is 0 Å². The number of allylic oxidation sites excluding steroid dienone is 1. The molecular formula is C41H52N6O9S. The first-order valence-electron chi connectivity index (χ1n) is 20.3. The number of pyridine rings is 1. The van der Waals surface area contributed by atoms with E-state index in [-0.39, 0.29) is 37.4 Å². The molecule has 0 spiro atoms. The van der Waals surface area contributed by atoms with E-state index < -0.39 is 62.6 Å². The molecule has 16 heteroatoms. The number of nitrogens with zero attached hydrogens (tertiary/aromatic N) is 3. The Morgan fingerprint density at radius 3 is 2.61 bits per heavy atom. The van der Waals surface area contributed by atoms with Gasteiger partial charge in [0.25, 0.3) is 5.91 Å². The zero-order valence-corrected chi connectivity index (χ0v) is 33.1. The Morgan fingerprint density at radius 2 is 1.88 bits per heavy atom. The average molecular weight is 805 g/mol. The third kappa shape index (κ3) is 8.20. The molecule has 3 saturated carbocycles. The van der Waals surface area contributed by atoms with Crippen molar-refractivity contribution in [3.05, 3.63) is 48.6 Å². The molecule has 4 heterocycles. The highest BCUT2D eigenvalue weighted by Gasteiger charge is 2.62. The zero-order chi connectivity index (χ0) is 39.9. The summed E-state index contributed by atoms with van der Waals surface area (Å²) in [5.41, 5.74) is -0.177. The molecule has 0 radical (unpaired) electrons. The van der Waals surface area contributed by atoms with Gasteiger partial charge in [-0.3, -0.25) is 19.1 Å². The normalized spacial score (nSPS) is 30.3. The van der Waals surface area contributed by atoms with Gasteiger partial charge in [-0.25, -0.2) is 18.2 Å². The van der Waals surface area contributed by atoms with Gasteiger partial charge >= 0.3 is 6.03 Å². The van der Waals surface area contributed by atoms with Gasteiger partial charge in [0.2, 0.25) is 27.7 Å². The van der Waals surface area contributed by atoms with E-state index >= 15 is 0 Å². The Balaban J connectivity index is 1.14. The Morgan fingerprint density at radius 1 is 1.07 bits per heavy atom. The molecule has 2 saturated heterocycles. The molecule has 2 aromatic rings. The minimum atomic E-state index is -3.90. The van der Waals surface area contributed by atoms with Gasteiger partial charge in [-0.05, 0) is 75.5 Å². The summed E-state index contributed by atoms with van der Waals surface area (Å²) < 4.78 is 46.1. The fraction of sp³-hybridized carbons (Fsp3) is 0.585. The monoisotopic (exact) mass is 804 g/mol. The van der Waals surface area contributed by atoms with Crippen molar-refractivity contribution in [2.45, 2.75) is 106 Å². The van der Waals surface area contributed by atoms with E-state index in [1.807, 2.05) is 36.4 Å². The van der Waals surface area contributed by atoms with E-state index in [9.17, 15) is 27.6 Å². The highest BCUT2D eigenvalue weighted by Crippen LogP contribution is 2.46. The van der Waals surface area contributed by atoms with Crippen LogP contribution < -0.4 is 24.8 Å². The number of hydrogen-bond donors (Lipinski definition) is 3. The van der Waals surface area contributed by atoms with E-state index in [1.165, 1.54) is 11.0 Å². The van der Waals surface area contributed by atoms with E-state index in [0.29, 0.717) is 56.1 Å². The van der Waals surface area contributed by atoms with Crippen LogP contribution in [0.4, 0.5) is 4.79 Å². The molecule has 3 aliphatic carbocycles. The highest BCUT2D eigenvalue weighted by atomic mass is 32.2. The number of hydrogen-bond acceptors (Lipinski definition) is 10. The number of fused-ring (bicyclic) bond motifs is 6. The van der Waals surface area contributed by atoms with Crippen molar-refractivity contribution in [3.63, 3.8) is 0 Å². The van der Waals surface area contributed by atoms with Gasteiger partial charge in [0.05, 0.1) is 30.5 Å². The third-order valence-electron chi connectivity index (χ3n) is 12.4. The van der Waals surface area contributed by atoms with Crippen LogP contribution in [0.5, 0.6) is 11.6 Å². The second-order valence-corrected chi connectivity index (χ2v) is 18.3. The van der Waals surface area contributed by atoms with Gasteiger partial charge < -0.3 is 34.6 Å². The molecule has 306 valence electrons. The van der Waals surface area contributed by atoms with Gasteiger partial charge in [0.1, 0.15) is 29.5 Å². The van der Waals surface area contributed by atoms with Crippen molar-refractivity contribution >= 4 is 50.8 Å². The van der Waals surface area contributed by atoms with Crippen LogP contribution in [0.2, 0.25) is 0 Å². The number of benzene rings is 1. The van der Waals surface area contributed by atoms with Crippen LogP contribution >= 0.6 is 0 Å². The first-order valence-corrected chi connectivity index (χ1v) is 21.8. The number of nitrogens with one attached hydrogen (secondary N) is 3. The predicted molar refractivity (Wildman–Crippen MR) is 211 cm³/mol. The maximum Gasteiger partial charge on any atom is 0.318 e. The fourth-order valence-corrected chi connectivity index (χ4v) is 10.2. The van der Waals surface area contributed by atoms with Crippen LogP contribution in [0.1, 0.15) is 76.2 Å². The molecule has 5 amide bonds. The molecular weight excluding hydrogens is 753 g/mol. The molecule has 1 aromatic carbocycles. The van der Waals surface area contributed by atoms with Gasteiger partial charge in [-0.1, -0.05) is 31.1 Å². The minimum Gasteiger partial charge on any atom is -0.497 e. The summed E-state index contributed by atoms with van der Waals surface area (Å²) in [5, 5.41) is 6.17. The number of carbonyl (C=O) groups excluding carboxylic acids is 4. The largest absolute Gasteiger partial charge is 0.497 e. The second-order valence-electron chi connectivity index (χ2n) is 16.3. The van der Waals surface area contributed by atoms with Crippen LogP contribution in [-0.4, -0.2) is 115 Å². The number of methoxy groups -OCH3 is 1. The first-order chi connectivity index (χ1) is 27.5. The van der Waals surface area contributed by atoms with Crippen LogP contribution in [0, 0.1) is 11.8 Å². The van der Waals surface area contributed by atoms with Gasteiger partial charge in [0.15, 0.2) is 0 Å². The first kappa shape index (κ1) is 39.1. The Kier molecular flexibility index (Phi) is 10.9. The van der Waals surface area contributed by atoms with Crippen LogP contribution in [0.25, 0.3) is 17.0 Å². The molecule has 4 bridgehead atoms. The molecule has 3 N–H and O–H groups in total. The van der Waals surface area contributed by atoms with Gasteiger partial charge in [0, 0.05) is 49.1 Å². The topological polar surface area (TPSA) is 186 Å². The van der Waals surface area contributed by atoms with Crippen LogP contribution in [0.15, 0.2) is 43.0 Å². The highest BCUT2D eigenvalue weighted by molar-refractivity contribution is 7.91. The maximum atomic E-state index is 14.9. The molecule has 8 rings (SSSR count). The summed E-state index contributed by atoms with van der Waals surface area (Å²) in [4.78, 5) is 64.9. The lowest BCUT2D eigenvalue weighted by atomic mass is 9.96. The number of aromatic nitrogens is 1. The molecule has 3 aliphatic heterocycles. The molecule has 6 aliphatic rings. The summed E-state index contributed by atoms with van der Waals surface area (Å²) in [7, 11) is -2.32. The number of urea groups is 1. The fourth-order valence-electron chi connectivity index (χ4n) is 8.82. The molecule has 1 unspecified atom stereocenters. The Bertz CT molecular complexity index is 2070. The van der Waals surface area contributed by atoms with Gasteiger partial charge in [-0.15, -0.1) is 6.58 Å².